The van der Waals surface area contributed by atoms with Crippen molar-refractivity contribution >= 4 is 5.69 Å². The lowest BCUT2D eigenvalue weighted by Gasteiger charge is -2.02. The van der Waals surface area contributed by atoms with Gasteiger partial charge in [-0.25, -0.2) is 4.39 Å². The number of benzene rings is 1. The number of hydrogen-bond donors (Lipinski definition) is 0. The maximum Gasteiger partial charge on any atom is 0.272 e. The van der Waals surface area contributed by atoms with E-state index in [1.165, 1.54) is 30.7 Å². The van der Waals surface area contributed by atoms with Gasteiger partial charge in [-0.15, -0.1) is 0 Å². The van der Waals surface area contributed by atoms with Crippen molar-refractivity contribution in [1.29, 1.82) is 0 Å². The van der Waals surface area contributed by atoms with Crippen molar-refractivity contribution in [3.8, 4) is 0 Å². The van der Waals surface area contributed by atoms with E-state index in [1.807, 2.05) is 0 Å². The molecule has 0 saturated heterocycles. The van der Waals surface area contributed by atoms with Crippen molar-refractivity contribution in [2.75, 3.05) is 0 Å². The zero-order chi connectivity index (χ0) is 12.3. The number of nitro benzene ring substituents is 1. The first-order valence-corrected chi connectivity index (χ1v) is 4.84. The minimum atomic E-state index is -0.630. The molecule has 6 heteroatoms. The van der Waals surface area contributed by atoms with Crippen LogP contribution in [0.3, 0.4) is 0 Å². The fourth-order valence-corrected chi connectivity index (χ4v) is 1.41. The average molecular weight is 233 g/mol. The first-order valence-electron chi connectivity index (χ1n) is 4.84. The number of nitrogens with zero attached hydrogens (tertiary/aromatic N) is 3. The zero-order valence-electron chi connectivity index (χ0n) is 8.71. The minimum absolute atomic E-state index is 0.259. The van der Waals surface area contributed by atoms with Crippen LogP contribution in [0.5, 0.6) is 0 Å². The van der Waals surface area contributed by atoms with Crippen LogP contribution in [0.1, 0.15) is 11.3 Å². The molecule has 0 bridgehead atoms. The SMILES string of the molecule is O=[N+]([O-])c1ccc(Cc2cnccn2)c(F)c1. The van der Waals surface area contributed by atoms with Gasteiger partial charge in [0.1, 0.15) is 5.82 Å². The maximum atomic E-state index is 13.5. The Hall–Kier alpha value is -2.37. The average Bonchev–Trinajstić information content (AvgIpc) is 2.33. The predicted molar refractivity (Wildman–Crippen MR) is 57.9 cm³/mol. The molecular weight excluding hydrogens is 225 g/mol. The van der Waals surface area contributed by atoms with E-state index in [9.17, 15) is 14.5 Å². The van der Waals surface area contributed by atoms with Crippen molar-refractivity contribution in [3.63, 3.8) is 0 Å². The molecule has 0 unspecified atom stereocenters. The third kappa shape index (κ3) is 2.60. The van der Waals surface area contributed by atoms with Crippen LogP contribution < -0.4 is 0 Å². The van der Waals surface area contributed by atoms with Crippen LogP contribution in [-0.2, 0) is 6.42 Å². The van der Waals surface area contributed by atoms with E-state index < -0.39 is 10.7 Å². The molecule has 5 nitrogen and oxygen atoms in total. The fraction of sp³-hybridized carbons (Fsp3) is 0.0909. The van der Waals surface area contributed by atoms with E-state index in [1.54, 1.807) is 0 Å². The highest BCUT2D eigenvalue weighted by molar-refractivity contribution is 5.35. The maximum absolute atomic E-state index is 13.5. The van der Waals surface area contributed by atoms with Gasteiger partial charge in [0.05, 0.1) is 16.7 Å². The van der Waals surface area contributed by atoms with Crippen LogP contribution in [0, 0.1) is 15.9 Å². The second-order valence-corrected chi connectivity index (χ2v) is 3.41. The lowest BCUT2D eigenvalue weighted by Crippen LogP contribution is -1.97. The molecule has 1 heterocycles. The summed E-state index contributed by atoms with van der Waals surface area (Å²) in [5, 5.41) is 10.4. The molecule has 0 amide bonds. The molecule has 1 aromatic carbocycles. The summed E-state index contributed by atoms with van der Waals surface area (Å²) in [4.78, 5) is 17.7. The van der Waals surface area contributed by atoms with Gasteiger partial charge in [-0.2, -0.15) is 0 Å². The molecule has 0 aliphatic carbocycles. The molecule has 0 aliphatic rings. The number of non-ortho nitro benzene ring substituents is 1. The van der Waals surface area contributed by atoms with Crippen molar-refractivity contribution in [1.82, 2.24) is 9.97 Å². The molecule has 0 aliphatic heterocycles. The van der Waals surface area contributed by atoms with Gasteiger partial charge in [0.15, 0.2) is 0 Å². The van der Waals surface area contributed by atoms with Crippen molar-refractivity contribution in [2.24, 2.45) is 0 Å². The first kappa shape index (κ1) is 11.1. The lowest BCUT2D eigenvalue weighted by molar-refractivity contribution is -0.385. The Morgan fingerprint density at radius 3 is 2.76 bits per heavy atom. The van der Waals surface area contributed by atoms with Crippen LogP contribution in [0.2, 0.25) is 0 Å². The van der Waals surface area contributed by atoms with Gasteiger partial charge < -0.3 is 0 Å². The highest BCUT2D eigenvalue weighted by Crippen LogP contribution is 2.18. The summed E-state index contributed by atoms with van der Waals surface area (Å²) in [5.74, 6) is -0.607. The molecule has 0 fully saturated rings. The monoisotopic (exact) mass is 233 g/mol. The summed E-state index contributed by atoms with van der Waals surface area (Å²) in [6.45, 7) is 0. The smallest absolute Gasteiger partial charge is 0.261 e. The third-order valence-corrected chi connectivity index (χ3v) is 2.24. The number of hydrogen-bond acceptors (Lipinski definition) is 4. The minimum Gasteiger partial charge on any atom is -0.261 e. The van der Waals surface area contributed by atoms with Gasteiger partial charge in [-0.3, -0.25) is 20.1 Å². The number of aromatic nitrogens is 2. The van der Waals surface area contributed by atoms with Crippen LogP contribution >= 0.6 is 0 Å². The molecule has 17 heavy (non-hydrogen) atoms. The van der Waals surface area contributed by atoms with Gasteiger partial charge in [-0.1, -0.05) is 0 Å². The van der Waals surface area contributed by atoms with Gasteiger partial charge in [0.25, 0.3) is 5.69 Å². The highest BCUT2D eigenvalue weighted by Gasteiger charge is 2.11. The third-order valence-electron chi connectivity index (χ3n) is 2.24. The Morgan fingerprint density at radius 1 is 1.35 bits per heavy atom. The highest BCUT2D eigenvalue weighted by atomic mass is 19.1. The standard InChI is InChI=1S/C11H8FN3O2/c12-11-6-10(15(16)17)2-1-8(11)5-9-7-13-3-4-14-9/h1-4,6-7H,5H2. The molecule has 1 aromatic heterocycles. The Balaban J connectivity index is 2.26. The second kappa shape index (κ2) is 4.65. The van der Waals surface area contributed by atoms with Crippen LogP contribution in [-0.4, -0.2) is 14.9 Å². The molecule has 0 N–H and O–H groups in total. The topological polar surface area (TPSA) is 68.9 Å². The molecule has 0 spiro atoms. The molecule has 0 atom stereocenters. The van der Waals surface area contributed by atoms with Gasteiger partial charge in [-0.05, 0) is 11.6 Å². The summed E-state index contributed by atoms with van der Waals surface area (Å²) in [6.07, 6.45) is 4.83. The molecule has 2 rings (SSSR count). The van der Waals surface area contributed by atoms with Crippen LogP contribution in [0.15, 0.2) is 36.8 Å². The van der Waals surface area contributed by atoms with Crippen molar-refractivity contribution in [3.05, 3.63) is 64.0 Å². The lowest BCUT2D eigenvalue weighted by atomic mass is 10.1. The Kier molecular flexibility index (Phi) is 3.04. The molecule has 0 saturated carbocycles. The Morgan fingerprint density at radius 2 is 2.18 bits per heavy atom. The quantitative estimate of drug-likeness (QED) is 0.601. The van der Waals surface area contributed by atoms with E-state index >= 15 is 0 Å². The summed E-state index contributed by atoms with van der Waals surface area (Å²) in [6, 6.07) is 3.57. The van der Waals surface area contributed by atoms with Crippen LogP contribution in [0.4, 0.5) is 10.1 Å². The summed E-state index contributed by atoms with van der Waals surface area (Å²) >= 11 is 0. The van der Waals surface area contributed by atoms with Crippen molar-refractivity contribution in [2.45, 2.75) is 6.42 Å². The van der Waals surface area contributed by atoms with E-state index in [2.05, 4.69) is 9.97 Å². The zero-order valence-corrected chi connectivity index (χ0v) is 8.71. The van der Waals surface area contributed by atoms with Crippen LogP contribution in [0.25, 0.3) is 0 Å². The molecule has 86 valence electrons. The largest absolute Gasteiger partial charge is 0.272 e. The molecule has 2 aromatic rings. The summed E-state index contributed by atoms with van der Waals surface area (Å²) in [7, 11) is 0. The predicted octanol–water partition coefficient (Wildman–Crippen LogP) is 2.11. The number of halogens is 1. The second-order valence-electron chi connectivity index (χ2n) is 3.41. The van der Waals surface area contributed by atoms with E-state index in [0.717, 1.165) is 6.07 Å². The van der Waals surface area contributed by atoms with Gasteiger partial charge in [0, 0.05) is 31.1 Å². The molecular formula is C11H8FN3O2. The van der Waals surface area contributed by atoms with E-state index in [4.69, 9.17) is 0 Å². The van der Waals surface area contributed by atoms with E-state index in [-0.39, 0.29) is 12.1 Å². The Labute approximate surface area is 96.1 Å². The molecule has 0 radical (unpaired) electrons. The van der Waals surface area contributed by atoms with Gasteiger partial charge in [0.2, 0.25) is 0 Å². The Bertz CT molecular complexity index is 546. The normalized spacial score (nSPS) is 10.2. The van der Waals surface area contributed by atoms with Crippen molar-refractivity contribution < 1.29 is 9.31 Å². The fourth-order valence-electron chi connectivity index (χ4n) is 1.41. The summed E-state index contributed by atoms with van der Waals surface area (Å²) < 4.78 is 13.5. The first-order chi connectivity index (χ1) is 8.16. The summed E-state index contributed by atoms with van der Waals surface area (Å²) in [5.41, 5.74) is 0.710. The number of nitro groups is 1. The van der Waals surface area contributed by atoms with Gasteiger partial charge >= 0.3 is 0 Å². The van der Waals surface area contributed by atoms with E-state index in [0.29, 0.717) is 11.3 Å². The number of rotatable bonds is 3.